The van der Waals surface area contributed by atoms with Gasteiger partial charge in [0.05, 0.1) is 10.7 Å². The molecule has 0 saturated carbocycles. The summed E-state index contributed by atoms with van der Waals surface area (Å²) in [5.41, 5.74) is 15.3. The second-order valence-corrected chi connectivity index (χ2v) is 7.45. The van der Waals surface area contributed by atoms with Crippen LogP contribution in [0.5, 0.6) is 5.75 Å². The van der Waals surface area contributed by atoms with E-state index in [1.165, 1.54) is 0 Å². The summed E-state index contributed by atoms with van der Waals surface area (Å²) >= 11 is 6.45. The fourth-order valence-corrected chi connectivity index (χ4v) is 3.63. The predicted octanol–water partition coefficient (Wildman–Crippen LogP) is 4.33. The van der Waals surface area contributed by atoms with Gasteiger partial charge in [0.2, 0.25) is 5.95 Å². The predicted molar refractivity (Wildman–Crippen MR) is 124 cm³/mol. The molecule has 1 aromatic heterocycles. The Hall–Kier alpha value is -3.32. The van der Waals surface area contributed by atoms with Crippen LogP contribution in [0.15, 0.2) is 42.5 Å². The average molecular weight is 440 g/mol. The molecule has 0 atom stereocenters. The summed E-state index contributed by atoms with van der Waals surface area (Å²) in [6.07, 6.45) is 0. The molecule has 0 unspecified atom stereocenters. The number of aryl methyl sites for hydroxylation is 1. The number of amides is 1. The first-order valence-corrected chi connectivity index (χ1v) is 10.4. The van der Waals surface area contributed by atoms with E-state index < -0.39 is 0 Å². The summed E-state index contributed by atoms with van der Waals surface area (Å²) < 4.78 is 5.90. The molecule has 0 saturated heterocycles. The highest BCUT2D eigenvalue weighted by molar-refractivity contribution is 6.32. The van der Waals surface area contributed by atoms with E-state index in [1.807, 2.05) is 51.1 Å². The zero-order chi connectivity index (χ0) is 22.5. The molecule has 162 valence electrons. The largest absolute Gasteiger partial charge is 0.487 e. The van der Waals surface area contributed by atoms with Crippen molar-refractivity contribution in [2.75, 3.05) is 24.6 Å². The molecule has 3 aromatic rings. The molecule has 0 aliphatic heterocycles. The highest BCUT2D eigenvalue weighted by atomic mass is 35.5. The van der Waals surface area contributed by atoms with Crippen molar-refractivity contribution in [2.45, 2.75) is 27.4 Å². The number of anilines is 2. The van der Waals surface area contributed by atoms with Crippen LogP contribution in [0.4, 0.5) is 11.8 Å². The van der Waals surface area contributed by atoms with Crippen LogP contribution < -0.4 is 16.2 Å². The number of benzene rings is 2. The summed E-state index contributed by atoms with van der Waals surface area (Å²) in [6, 6.07) is 12.8. The molecule has 31 heavy (non-hydrogen) atoms. The topological polar surface area (TPSA) is 107 Å². The van der Waals surface area contributed by atoms with Gasteiger partial charge in [-0.3, -0.25) is 4.79 Å². The Labute approximate surface area is 187 Å². The second kappa shape index (κ2) is 9.66. The van der Waals surface area contributed by atoms with Gasteiger partial charge in [-0.2, -0.15) is 4.98 Å². The van der Waals surface area contributed by atoms with E-state index in [4.69, 9.17) is 27.8 Å². The lowest BCUT2D eigenvalue weighted by atomic mass is 10.0. The SMILES string of the molecule is CCN(CC)C(=O)c1cccc(COc2ccc(-c3c(C)nc(N)nc3N)cc2Cl)c1. The minimum absolute atomic E-state index is 0.00732. The number of rotatable bonds is 7. The maximum absolute atomic E-state index is 12.6. The van der Waals surface area contributed by atoms with Gasteiger partial charge in [-0.1, -0.05) is 29.8 Å². The van der Waals surface area contributed by atoms with E-state index in [0.717, 1.165) is 11.1 Å². The van der Waals surface area contributed by atoms with Crippen molar-refractivity contribution < 1.29 is 9.53 Å². The number of nitrogens with two attached hydrogens (primary N) is 2. The van der Waals surface area contributed by atoms with Crippen LogP contribution in [0.3, 0.4) is 0 Å². The zero-order valence-electron chi connectivity index (χ0n) is 17.9. The van der Waals surface area contributed by atoms with Gasteiger partial charge in [-0.25, -0.2) is 4.98 Å². The van der Waals surface area contributed by atoms with Crippen molar-refractivity contribution in [1.82, 2.24) is 14.9 Å². The zero-order valence-corrected chi connectivity index (χ0v) is 18.6. The summed E-state index contributed by atoms with van der Waals surface area (Å²) in [5.74, 6) is 0.960. The monoisotopic (exact) mass is 439 g/mol. The van der Waals surface area contributed by atoms with Crippen LogP contribution in [0, 0.1) is 6.92 Å². The second-order valence-electron chi connectivity index (χ2n) is 7.04. The summed E-state index contributed by atoms with van der Waals surface area (Å²) in [4.78, 5) is 22.5. The van der Waals surface area contributed by atoms with Gasteiger partial charge in [0.25, 0.3) is 5.91 Å². The van der Waals surface area contributed by atoms with Gasteiger partial charge in [0.15, 0.2) is 0 Å². The van der Waals surface area contributed by atoms with Crippen LogP contribution in [0.2, 0.25) is 5.02 Å². The summed E-state index contributed by atoms with van der Waals surface area (Å²) in [5, 5.41) is 0.434. The molecular weight excluding hydrogens is 414 g/mol. The lowest BCUT2D eigenvalue weighted by Gasteiger charge is -2.19. The molecule has 8 heteroatoms. The number of ether oxygens (including phenoxy) is 1. The van der Waals surface area contributed by atoms with Crippen molar-refractivity contribution in [2.24, 2.45) is 0 Å². The Morgan fingerprint density at radius 1 is 1.10 bits per heavy atom. The number of nitrogen functional groups attached to an aromatic ring is 2. The van der Waals surface area contributed by atoms with Crippen molar-refractivity contribution in [1.29, 1.82) is 0 Å². The van der Waals surface area contributed by atoms with E-state index in [0.29, 0.717) is 46.5 Å². The molecule has 0 bridgehead atoms. The number of hydrogen-bond donors (Lipinski definition) is 2. The highest BCUT2D eigenvalue weighted by Gasteiger charge is 2.14. The van der Waals surface area contributed by atoms with Crippen LogP contribution in [0.1, 0.15) is 35.5 Å². The number of carbonyl (C=O) groups excluding carboxylic acids is 1. The lowest BCUT2D eigenvalue weighted by Crippen LogP contribution is -2.30. The quantitative estimate of drug-likeness (QED) is 0.567. The normalized spacial score (nSPS) is 10.7. The van der Waals surface area contributed by atoms with Gasteiger partial charge >= 0.3 is 0 Å². The molecule has 3 rings (SSSR count). The van der Waals surface area contributed by atoms with Gasteiger partial charge in [0, 0.05) is 24.2 Å². The van der Waals surface area contributed by atoms with Crippen LogP contribution >= 0.6 is 11.6 Å². The molecule has 0 spiro atoms. The first-order chi connectivity index (χ1) is 14.8. The van der Waals surface area contributed by atoms with Crippen molar-refractivity contribution in [3.63, 3.8) is 0 Å². The van der Waals surface area contributed by atoms with Crippen molar-refractivity contribution >= 4 is 29.3 Å². The van der Waals surface area contributed by atoms with Gasteiger partial charge in [-0.05, 0) is 56.2 Å². The van der Waals surface area contributed by atoms with E-state index in [-0.39, 0.29) is 18.5 Å². The van der Waals surface area contributed by atoms with Crippen molar-refractivity contribution in [3.8, 4) is 16.9 Å². The van der Waals surface area contributed by atoms with Gasteiger partial charge in [-0.15, -0.1) is 0 Å². The number of carbonyl (C=O) groups is 1. The Bertz CT molecular complexity index is 1080. The van der Waals surface area contributed by atoms with E-state index in [1.54, 1.807) is 17.0 Å². The first-order valence-electron chi connectivity index (χ1n) is 10.0. The molecule has 1 heterocycles. The summed E-state index contributed by atoms with van der Waals surface area (Å²) in [7, 11) is 0. The molecular formula is C23H26ClN5O2. The maximum atomic E-state index is 12.6. The number of halogens is 1. The van der Waals surface area contributed by atoms with Crippen LogP contribution in [-0.2, 0) is 6.61 Å². The lowest BCUT2D eigenvalue weighted by molar-refractivity contribution is 0.0773. The highest BCUT2D eigenvalue weighted by Crippen LogP contribution is 2.34. The smallest absolute Gasteiger partial charge is 0.253 e. The first kappa shape index (κ1) is 22.4. The Morgan fingerprint density at radius 3 is 2.48 bits per heavy atom. The number of hydrogen-bond acceptors (Lipinski definition) is 6. The molecule has 4 N–H and O–H groups in total. The minimum atomic E-state index is 0.00732. The van der Waals surface area contributed by atoms with Crippen molar-refractivity contribution in [3.05, 3.63) is 64.3 Å². The fraction of sp³-hybridized carbons (Fsp3) is 0.261. The third kappa shape index (κ3) is 5.06. The Morgan fingerprint density at radius 2 is 1.84 bits per heavy atom. The van der Waals surface area contributed by atoms with E-state index in [9.17, 15) is 4.79 Å². The fourth-order valence-electron chi connectivity index (χ4n) is 3.40. The Kier molecular flexibility index (Phi) is 6.97. The number of aromatic nitrogens is 2. The molecule has 0 aliphatic carbocycles. The Balaban J connectivity index is 1.77. The molecule has 7 nitrogen and oxygen atoms in total. The van der Waals surface area contributed by atoms with E-state index >= 15 is 0 Å². The molecule has 0 aliphatic rings. The summed E-state index contributed by atoms with van der Waals surface area (Å²) in [6.45, 7) is 7.36. The van der Waals surface area contributed by atoms with Gasteiger partial charge < -0.3 is 21.1 Å². The third-order valence-corrected chi connectivity index (χ3v) is 5.27. The standard InChI is InChI=1S/C23H26ClN5O2/c1-4-29(5-2)22(30)17-8-6-7-15(11-17)13-31-19-10-9-16(12-18(19)24)20-14(3)27-23(26)28-21(20)25/h6-12H,4-5,13H2,1-3H3,(H4,25,26,27,28). The number of nitrogens with zero attached hydrogens (tertiary/aromatic N) is 3. The van der Waals surface area contributed by atoms with Gasteiger partial charge in [0.1, 0.15) is 18.2 Å². The molecule has 2 aromatic carbocycles. The molecule has 0 fully saturated rings. The van der Waals surface area contributed by atoms with Crippen LogP contribution in [-0.4, -0.2) is 33.9 Å². The maximum Gasteiger partial charge on any atom is 0.253 e. The minimum Gasteiger partial charge on any atom is -0.487 e. The third-order valence-electron chi connectivity index (χ3n) is 4.97. The average Bonchev–Trinajstić information content (AvgIpc) is 2.73. The molecule has 0 radical (unpaired) electrons. The van der Waals surface area contributed by atoms with E-state index in [2.05, 4.69) is 9.97 Å². The molecule has 1 amide bonds. The van der Waals surface area contributed by atoms with Crippen LogP contribution in [0.25, 0.3) is 11.1 Å².